The molecule has 1 atom stereocenters. The number of nitrogens with one attached hydrogen (secondary N) is 2. The number of halogens is 1. The van der Waals surface area contributed by atoms with Crippen LogP contribution in [0, 0.1) is 12.7 Å². The van der Waals surface area contributed by atoms with Gasteiger partial charge in [0.15, 0.2) is 0 Å². The third kappa shape index (κ3) is 4.10. The molecule has 2 rings (SSSR count). The summed E-state index contributed by atoms with van der Waals surface area (Å²) in [4.78, 5) is 0. The lowest BCUT2D eigenvalue weighted by atomic mass is 10.1. The summed E-state index contributed by atoms with van der Waals surface area (Å²) < 4.78 is 13.1. The normalized spacial score (nSPS) is 17.1. The molecule has 1 fully saturated rings. The van der Waals surface area contributed by atoms with E-state index in [1.165, 1.54) is 18.9 Å². The van der Waals surface area contributed by atoms with Gasteiger partial charge in [0.2, 0.25) is 0 Å². The molecule has 0 heterocycles. The Labute approximate surface area is 103 Å². The first-order valence-electron chi connectivity index (χ1n) is 6.37. The predicted molar refractivity (Wildman–Crippen MR) is 68.5 cm³/mol. The zero-order valence-electron chi connectivity index (χ0n) is 10.6. The molecule has 0 aliphatic heterocycles. The molecule has 0 aromatic heterocycles. The van der Waals surface area contributed by atoms with E-state index in [9.17, 15) is 4.39 Å². The van der Waals surface area contributed by atoms with Gasteiger partial charge in [0.25, 0.3) is 0 Å². The van der Waals surface area contributed by atoms with Gasteiger partial charge in [-0.15, -0.1) is 0 Å². The van der Waals surface area contributed by atoms with Gasteiger partial charge in [-0.3, -0.25) is 0 Å². The highest BCUT2D eigenvalue weighted by Crippen LogP contribution is 2.18. The Balaban J connectivity index is 1.77. The summed E-state index contributed by atoms with van der Waals surface area (Å²) in [5.74, 6) is -0.156. The third-order valence-electron chi connectivity index (χ3n) is 3.24. The van der Waals surface area contributed by atoms with Crippen LogP contribution in [-0.2, 0) is 6.54 Å². The van der Waals surface area contributed by atoms with Crippen LogP contribution in [0.5, 0.6) is 0 Å². The van der Waals surface area contributed by atoms with Gasteiger partial charge >= 0.3 is 0 Å². The fourth-order valence-electron chi connectivity index (χ4n) is 1.82. The predicted octanol–water partition coefficient (Wildman–Crippen LogP) is 2.36. The summed E-state index contributed by atoms with van der Waals surface area (Å²) in [6, 6.07) is 6.12. The van der Waals surface area contributed by atoms with Crippen molar-refractivity contribution in [3.8, 4) is 0 Å². The fraction of sp³-hybridized carbons (Fsp3) is 0.571. The largest absolute Gasteiger partial charge is 0.312 e. The second-order valence-corrected chi connectivity index (χ2v) is 5.04. The second-order valence-electron chi connectivity index (χ2n) is 5.04. The van der Waals surface area contributed by atoms with Crippen LogP contribution >= 0.6 is 0 Å². The van der Waals surface area contributed by atoms with Gasteiger partial charge in [0, 0.05) is 25.2 Å². The van der Waals surface area contributed by atoms with Crippen molar-refractivity contribution in [1.29, 1.82) is 0 Å². The van der Waals surface area contributed by atoms with Gasteiger partial charge < -0.3 is 10.6 Å². The maximum atomic E-state index is 13.1. The first-order valence-corrected chi connectivity index (χ1v) is 6.37. The maximum absolute atomic E-state index is 13.1. The van der Waals surface area contributed by atoms with E-state index >= 15 is 0 Å². The molecule has 0 amide bonds. The van der Waals surface area contributed by atoms with E-state index in [2.05, 4.69) is 17.6 Å². The van der Waals surface area contributed by atoms with Crippen molar-refractivity contribution >= 4 is 0 Å². The molecule has 1 saturated carbocycles. The van der Waals surface area contributed by atoms with Crippen LogP contribution in [0.15, 0.2) is 18.2 Å². The first-order chi connectivity index (χ1) is 8.15. The molecule has 0 spiro atoms. The van der Waals surface area contributed by atoms with Crippen LogP contribution in [0.25, 0.3) is 0 Å². The third-order valence-corrected chi connectivity index (χ3v) is 3.24. The fourth-order valence-corrected chi connectivity index (χ4v) is 1.82. The molecule has 0 bridgehead atoms. The molecule has 1 aliphatic rings. The average Bonchev–Trinajstić information content (AvgIpc) is 3.11. The average molecular weight is 236 g/mol. The van der Waals surface area contributed by atoms with E-state index in [1.807, 2.05) is 13.0 Å². The zero-order valence-corrected chi connectivity index (χ0v) is 10.6. The van der Waals surface area contributed by atoms with E-state index in [-0.39, 0.29) is 5.82 Å². The van der Waals surface area contributed by atoms with Crippen molar-refractivity contribution in [2.45, 2.75) is 45.3 Å². The van der Waals surface area contributed by atoms with Crippen LogP contribution < -0.4 is 10.6 Å². The number of hydrogen-bond acceptors (Lipinski definition) is 2. The van der Waals surface area contributed by atoms with Gasteiger partial charge in [0.05, 0.1) is 0 Å². The van der Waals surface area contributed by atoms with E-state index < -0.39 is 0 Å². The van der Waals surface area contributed by atoms with Gasteiger partial charge in [0.1, 0.15) is 5.82 Å². The molecule has 1 aromatic rings. The summed E-state index contributed by atoms with van der Waals surface area (Å²) >= 11 is 0. The minimum atomic E-state index is -0.156. The molecule has 0 saturated heterocycles. The van der Waals surface area contributed by atoms with Crippen molar-refractivity contribution in [2.24, 2.45) is 0 Å². The summed E-state index contributed by atoms with van der Waals surface area (Å²) in [7, 11) is 0. The van der Waals surface area contributed by atoms with E-state index in [4.69, 9.17) is 0 Å². The summed E-state index contributed by atoms with van der Waals surface area (Å²) in [6.45, 7) is 5.89. The molecule has 0 radical (unpaired) electrons. The van der Waals surface area contributed by atoms with Crippen molar-refractivity contribution in [3.63, 3.8) is 0 Å². The van der Waals surface area contributed by atoms with E-state index in [0.717, 1.165) is 30.3 Å². The summed E-state index contributed by atoms with van der Waals surface area (Å²) in [5, 5.41) is 6.90. The Morgan fingerprint density at radius 3 is 2.88 bits per heavy atom. The molecular formula is C14H21FN2. The lowest BCUT2D eigenvalue weighted by molar-refractivity contribution is 0.498. The minimum absolute atomic E-state index is 0.156. The SMILES string of the molecule is Cc1ccc(F)cc1CNC(C)CNC1CC1. The Hall–Kier alpha value is -0.930. The quantitative estimate of drug-likeness (QED) is 0.792. The lowest BCUT2D eigenvalue weighted by Gasteiger charge is -2.15. The Kier molecular flexibility index (Phi) is 4.13. The molecule has 2 nitrogen and oxygen atoms in total. The Bertz CT molecular complexity index is 374. The van der Waals surface area contributed by atoms with Crippen molar-refractivity contribution in [2.75, 3.05) is 6.54 Å². The van der Waals surface area contributed by atoms with Crippen molar-refractivity contribution in [1.82, 2.24) is 10.6 Å². The smallest absolute Gasteiger partial charge is 0.123 e. The zero-order chi connectivity index (χ0) is 12.3. The first kappa shape index (κ1) is 12.5. The van der Waals surface area contributed by atoms with Gasteiger partial charge in [-0.05, 0) is 49.9 Å². The highest BCUT2D eigenvalue weighted by Gasteiger charge is 2.20. The Morgan fingerprint density at radius 1 is 1.41 bits per heavy atom. The van der Waals surface area contributed by atoms with Gasteiger partial charge in [-0.25, -0.2) is 4.39 Å². The summed E-state index contributed by atoms with van der Waals surface area (Å²) in [5.41, 5.74) is 2.18. The topological polar surface area (TPSA) is 24.1 Å². The molecule has 1 aliphatic carbocycles. The highest BCUT2D eigenvalue weighted by atomic mass is 19.1. The van der Waals surface area contributed by atoms with Crippen LogP contribution in [0.4, 0.5) is 4.39 Å². The molecular weight excluding hydrogens is 215 g/mol. The highest BCUT2D eigenvalue weighted by molar-refractivity contribution is 5.26. The molecule has 1 aromatic carbocycles. The molecule has 1 unspecified atom stereocenters. The van der Waals surface area contributed by atoms with Gasteiger partial charge in [-0.1, -0.05) is 6.07 Å². The monoisotopic (exact) mass is 236 g/mol. The van der Waals surface area contributed by atoms with Crippen LogP contribution in [0.3, 0.4) is 0 Å². The number of rotatable bonds is 6. The molecule has 17 heavy (non-hydrogen) atoms. The van der Waals surface area contributed by atoms with Crippen LogP contribution in [-0.4, -0.2) is 18.6 Å². The van der Waals surface area contributed by atoms with Crippen molar-refractivity contribution in [3.05, 3.63) is 35.1 Å². The van der Waals surface area contributed by atoms with Crippen LogP contribution in [0.1, 0.15) is 30.9 Å². The number of hydrogen-bond donors (Lipinski definition) is 2. The second kappa shape index (κ2) is 5.61. The van der Waals surface area contributed by atoms with E-state index in [1.54, 1.807) is 6.07 Å². The van der Waals surface area contributed by atoms with Crippen LogP contribution in [0.2, 0.25) is 0 Å². The Morgan fingerprint density at radius 2 is 2.18 bits per heavy atom. The lowest BCUT2D eigenvalue weighted by Crippen LogP contribution is -2.36. The number of benzene rings is 1. The molecule has 2 N–H and O–H groups in total. The van der Waals surface area contributed by atoms with Crippen molar-refractivity contribution < 1.29 is 4.39 Å². The minimum Gasteiger partial charge on any atom is -0.312 e. The number of aryl methyl sites for hydroxylation is 1. The standard InChI is InChI=1S/C14H21FN2/c1-10-3-4-13(15)7-12(10)9-16-11(2)8-17-14-5-6-14/h3-4,7,11,14,16-17H,5-6,8-9H2,1-2H3. The maximum Gasteiger partial charge on any atom is 0.123 e. The van der Waals surface area contributed by atoms with E-state index in [0.29, 0.717) is 6.04 Å². The molecule has 3 heteroatoms. The summed E-state index contributed by atoms with van der Waals surface area (Å²) in [6.07, 6.45) is 2.63. The molecule has 94 valence electrons. The van der Waals surface area contributed by atoms with Gasteiger partial charge in [-0.2, -0.15) is 0 Å².